The molecule has 360 valence electrons. The molecule has 0 spiro atoms. The zero-order chi connectivity index (χ0) is 47.6. The summed E-state index contributed by atoms with van der Waals surface area (Å²) in [6.07, 6.45) is 39.2. The van der Waals surface area contributed by atoms with Crippen molar-refractivity contribution in [1.82, 2.24) is 9.80 Å². The number of fused-ring (bicyclic) bond motifs is 6. The zero-order valence-electron chi connectivity index (χ0n) is 40.7. The molecule has 13 rings (SSSR count). The highest BCUT2D eigenvalue weighted by Gasteiger charge is 2.41. The summed E-state index contributed by atoms with van der Waals surface area (Å²) in [7, 11) is 0. The predicted molar refractivity (Wildman–Crippen MR) is 273 cm³/mol. The van der Waals surface area contributed by atoms with Crippen LogP contribution in [0.15, 0.2) is 163 Å². The number of piperidine rings is 1. The normalized spacial score (nSPS) is 28.9. The van der Waals surface area contributed by atoms with Gasteiger partial charge >= 0.3 is 5.63 Å². The SMILES string of the molecule is CCN(CC)C1=CC2OC(C=C3CCC(=CC4=CC5C=CC(C)=CC5O4)C3=O)=CC2C=C1.O=C(/C=C/C1=CC2C=C3CCCN4CCCC(=C34)C2O1)c1cc2cc3c4c(c2oc1=O)CCCN4CCC3. The number of nitrogens with zero attached hydrogens (tertiary/aromatic N) is 3. The third-order valence-corrected chi connectivity index (χ3v) is 16.1. The largest absolute Gasteiger partial charge is 0.486 e. The molecule has 6 atom stereocenters. The van der Waals surface area contributed by atoms with Crippen molar-refractivity contribution in [3.05, 3.63) is 181 Å². The van der Waals surface area contributed by atoms with E-state index in [1.807, 2.05) is 12.2 Å². The summed E-state index contributed by atoms with van der Waals surface area (Å²) in [5.74, 6) is 2.80. The number of ether oxygens (including phenoxy) is 3. The van der Waals surface area contributed by atoms with Crippen LogP contribution < -0.4 is 10.5 Å². The van der Waals surface area contributed by atoms with E-state index in [-0.39, 0.29) is 53.2 Å². The van der Waals surface area contributed by atoms with E-state index in [2.05, 4.69) is 102 Å². The van der Waals surface area contributed by atoms with E-state index in [9.17, 15) is 14.4 Å². The number of allylic oxidation sites excluding steroid dienone is 10. The van der Waals surface area contributed by atoms with Gasteiger partial charge in [-0.1, -0.05) is 29.9 Å². The first-order valence-electron chi connectivity index (χ1n) is 26.1. The summed E-state index contributed by atoms with van der Waals surface area (Å²) in [6.45, 7) is 12.8. The third kappa shape index (κ3) is 8.20. The highest BCUT2D eigenvalue weighted by atomic mass is 16.5. The van der Waals surface area contributed by atoms with Gasteiger partial charge in [0.2, 0.25) is 0 Å². The average molecular weight is 938 g/mol. The van der Waals surface area contributed by atoms with Crippen molar-refractivity contribution < 1.29 is 28.2 Å². The Labute approximate surface area is 410 Å². The van der Waals surface area contributed by atoms with Gasteiger partial charge in [0.05, 0.1) is 0 Å². The van der Waals surface area contributed by atoms with Crippen LogP contribution in [-0.2, 0) is 31.8 Å². The highest BCUT2D eigenvalue weighted by molar-refractivity contribution is 6.11. The summed E-state index contributed by atoms with van der Waals surface area (Å²) >= 11 is 0. The standard InChI is InChI=1S/C32H32N2O4.C28H31NO3/c35-27(10-9-23-17-21-15-19-5-1-11-33-13-3-7-24(28(19)33)30(21)37-23)26-18-22-16-20-6-2-12-34-14-4-8-25(29(20)34)31(22)38-32(26)36;1-4-29(5-2)23-11-10-20-14-25(32-27(20)17-23)16-22-9-8-21(28(22)30)15-24-13-19-7-6-18(3)12-26(19)31-24/h9-10,15-18,21,30H,1-8,11-14H2;6-7,10-17,19-20,26-27H,4-5,8-9H2,1-3H3/b10-9+;. The summed E-state index contributed by atoms with van der Waals surface area (Å²) in [5.41, 5.74) is 12.3. The number of ketones is 2. The number of hydrogen-bond donors (Lipinski definition) is 0. The fourth-order valence-electron chi connectivity index (χ4n) is 12.8. The van der Waals surface area contributed by atoms with Gasteiger partial charge in [0, 0.05) is 96.2 Å². The molecule has 2 aromatic rings. The van der Waals surface area contributed by atoms with Gasteiger partial charge in [-0.25, -0.2) is 4.79 Å². The number of rotatable bonds is 8. The minimum absolute atomic E-state index is 0.0129. The van der Waals surface area contributed by atoms with Gasteiger partial charge in [0.25, 0.3) is 0 Å². The van der Waals surface area contributed by atoms with E-state index >= 15 is 0 Å². The lowest BCUT2D eigenvalue weighted by Crippen LogP contribution is -2.39. The number of carbonyl (C=O) groups is 2. The van der Waals surface area contributed by atoms with Crippen molar-refractivity contribution in [2.45, 2.75) is 103 Å². The van der Waals surface area contributed by atoms with Gasteiger partial charge in [-0.05, 0) is 175 Å². The van der Waals surface area contributed by atoms with Crippen LogP contribution in [0.1, 0.15) is 93.6 Å². The van der Waals surface area contributed by atoms with Gasteiger partial charge in [-0.15, -0.1) is 0 Å². The molecule has 70 heavy (non-hydrogen) atoms. The Bertz CT molecular complexity index is 3030. The Hall–Kier alpha value is -6.55. The molecule has 0 radical (unpaired) electrons. The van der Waals surface area contributed by atoms with Crippen molar-refractivity contribution >= 4 is 28.2 Å². The first-order chi connectivity index (χ1) is 34.2. The summed E-state index contributed by atoms with van der Waals surface area (Å²) < 4.78 is 24.5. The second-order valence-electron chi connectivity index (χ2n) is 20.6. The molecular formula is C60H63N3O7. The molecule has 10 nitrogen and oxygen atoms in total. The van der Waals surface area contributed by atoms with Crippen LogP contribution in [0.5, 0.6) is 0 Å². The van der Waals surface area contributed by atoms with Crippen LogP contribution in [0.2, 0.25) is 0 Å². The number of likely N-dealkylation sites (N-methyl/N-ethyl adjacent to an activating group) is 1. The van der Waals surface area contributed by atoms with E-state index in [4.69, 9.17) is 18.6 Å². The highest BCUT2D eigenvalue weighted by Crippen LogP contribution is 2.46. The maximum absolute atomic E-state index is 13.2. The van der Waals surface area contributed by atoms with Crippen LogP contribution in [0.3, 0.4) is 0 Å². The number of carbonyl (C=O) groups excluding carboxylic acids is 2. The first-order valence-corrected chi connectivity index (χ1v) is 26.1. The van der Waals surface area contributed by atoms with Gasteiger partial charge in [0.1, 0.15) is 46.7 Å². The summed E-state index contributed by atoms with van der Waals surface area (Å²) in [6, 6.07) is 3.86. The van der Waals surface area contributed by atoms with Crippen molar-refractivity contribution in [2.24, 2.45) is 17.8 Å². The van der Waals surface area contributed by atoms with Crippen molar-refractivity contribution in [3.8, 4) is 0 Å². The van der Waals surface area contributed by atoms with E-state index < -0.39 is 5.63 Å². The molecule has 2 fully saturated rings. The Morgan fingerprint density at radius 2 is 1.39 bits per heavy atom. The maximum atomic E-state index is 13.2. The Balaban J connectivity index is 0.000000147. The maximum Gasteiger partial charge on any atom is 0.347 e. The number of anilines is 1. The molecule has 11 aliphatic rings. The molecule has 0 N–H and O–H groups in total. The summed E-state index contributed by atoms with van der Waals surface area (Å²) in [4.78, 5) is 46.5. The third-order valence-electron chi connectivity index (χ3n) is 16.1. The van der Waals surface area contributed by atoms with Gasteiger partial charge in [-0.3, -0.25) is 9.59 Å². The van der Waals surface area contributed by atoms with Crippen molar-refractivity contribution in [2.75, 3.05) is 44.2 Å². The molecule has 1 aromatic carbocycles. The van der Waals surface area contributed by atoms with Crippen LogP contribution in [0.4, 0.5) is 5.69 Å². The number of hydrogen-bond acceptors (Lipinski definition) is 10. The molecule has 1 saturated heterocycles. The second-order valence-corrected chi connectivity index (χ2v) is 20.6. The lowest BCUT2D eigenvalue weighted by molar-refractivity contribution is -0.111. The molecule has 0 bridgehead atoms. The fourth-order valence-corrected chi connectivity index (χ4v) is 12.8. The lowest BCUT2D eigenvalue weighted by Gasteiger charge is -2.43. The lowest BCUT2D eigenvalue weighted by atomic mass is 9.79. The van der Waals surface area contributed by atoms with E-state index in [1.165, 1.54) is 58.3 Å². The Morgan fingerprint density at radius 3 is 2.14 bits per heavy atom. The zero-order valence-corrected chi connectivity index (χ0v) is 40.7. The summed E-state index contributed by atoms with van der Waals surface area (Å²) in [5, 5.41) is 0.853. The van der Waals surface area contributed by atoms with Gasteiger partial charge in [0.15, 0.2) is 11.6 Å². The molecule has 4 aliphatic carbocycles. The molecule has 1 saturated carbocycles. The quantitative estimate of drug-likeness (QED) is 0.144. The monoisotopic (exact) mass is 937 g/mol. The predicted octanol–water partition coefficient (Wildman–Crippen LogP) is 10.5. The van der Waals surface area contributed by atoms with Crippen molar-refractivity contribution in [1.29, 1.82) is 0 Å². The second kappa shape index (κ2) is 18.3. The molecular weight excluding hydrogens is 875 g/mol. The minimum atomic E-state index is -0.561. The Kier molecular flexibility index (Phi) is 11.7. The molecule has 10 heteroatoms. The van der Waals surface area contributed by atoms with Crippen LogP contribution in [0, 0.1) is 17.8 Å². The topological polar surface area (TPSA) is 102 Å². The molecule has 8 heterocycles. The van der Waals surface area contributed by atoms with Crippen LogP contribution >= 0.6 is 0 Å². The van der Waals surface area contributed by atoms with E-state index in [0.29, 0.717) is 11.3 Å². The first kappa shape index (κ1) is 44.6. The fraction of sp³-hybridized carbons (Fsp3) is 0.417. The van der Waals surface area contributed by atoms with Crippen molar-refractivity contribution in [3.63, 3.8) is 0 Å². The van der Waals surface area contributed by atoms with E-state index in [0.717, 1.165) is 124 Å². The van der Waals surface area contributed by atoms with Crippen LogP contribution in [0.25, 0.3) is 11.0 Å². The smallest absolute Gasteiger partial charge is 0.347 e. The molecule has 7 aliphatic heterocycles. The van der Waals surface area contributed by atoms with E-state index in [1.54, 1.807) is 12.1 Å². The number of aryl methyl sites for hydroxylation is 2. The van der Waals surface area contributed by atoms with Gasteiger partial charge < -0.3 is 33.3 Å². The number of benzene rings is 1. The molecule has 6 unspecified atom stereocenters. The molecule has 1 aromatic heterocycles. The average Bonchev–Trinajstić information content (AvgIpc) is 4.17. The number of Topliss-reactive ketones (excluding diaryl/α,β-unsaturated/α-hetero) is 1. The Morgan fingerprint density at radius 1 is 0.714 bits per heavy atom. The van der Waals surface area contributed by atoms with Crippen LogP contribution in [-0.4, -0.2) is 78.9 Å². The minimum Gasteiger partial charge on any atom is -0.486 e. The van der Waals surface area contributed by atoms with Gasteiger partial charge in [-0.2, -0.15) is 0 Å². The molecule has 0 amide bonds.